The monoisotopic (exact) mass is 1050 g/mol. The van der Waals surface area contributed by atoms with Crippen LogP contribution >= 0.6 is 46.4 Å². The molecule has 5 aromatic carbocycles. The Hall–Kier alpha value is -6.74. The van der Waals surface area contributed by atoms with E-state index in [0.29, 0.717) is 23.3 Å². The van der Waals surface area contributed by atoms with Gasteiger partial charge in [-0.3, -0.25) is 28.8 Å². The van der Waals surface area contributed by atoms with Crippen LogP contribution in [0.15, 0.2) is 105 Å². The number of azo groups is 2. The fourth-order valence-corrected chi connectivity index (χ4v) is 7.32. The first-order valence-corrected chi connectivity index (χ1v) is 21.9. The Morgan fingerprint density at radius 3 is 1.17 bits per heavy atom. The minimum Gasteiger partial charge on any atom is -0.323 e. The Bertz CT molecular complexity index is 2770. The summed E-state index contributed by atoms with van der Waals surface area (Å²) in [4.78, 5) is 78.7. The van der Waals surface area contributed by atoms with Gasteiger partial charge in [-0.1, -0.05) is 60.3 Å². The maximum atomic E-state index is 13.6. The number of carbonyl (C=O) groups is 6. The number of halogens is 10. The molecule has 0 fully saturated rings. The van der Waals surface area contributed by atoms with Gasteiger partial charge in [-0.05, 0) is 123 Å². The van der Waals surface area contributed by atoms with Gasteiger partial charge in [0.2, 0.25) is 12.1 Å². The molecule has 4 amide bonds. The van der Waals surface area contributed by atoms with Gasteiger partial charge in [0.1, 0.15) is 0 Å². The summed E-state index contributed by atoms with van der Waals surface area (Å²) in [6, 6.07) is 11.4. The van der Waals surface area contributed by atoms with Crippen LogP contribution in [0, 0.1) is 0 Å². The maximum Gasteiger partial charge on any atom is 0.416 e. The van der Waals surface area contributed by atoms with E-state index in [2.05, 4.69) is 41.7 Å². The molecule has 0 aliphatic rings. The number of benzene rings is 5. The molecule has 4 N–H and O–H groups in total. The highest BCUT2D eigenvalue weighted by atomic mass is 35.5. The topological polar surface area (TPSA) is 200 Å². The van der Waals surface area contributed by atoms with E-state index in [1.54, 1.807) is 13.8 Å². The number of alkyl halides is 6. The summed E-state index contributed by atoms with van der Waals surface area (Å²) in [7, 11) is 0. The van der Waals surface area contributed by atoms with E-state index in [9.17, 15) is 55.1 Å². The lowest BCUT2D eigenvalue weighted by molar-refractivity contribution is -0.138. The van der Waals surface area contributed by atoms with Crippen molar-refractivity contribution in [1.29, 1.82) is 0 Å². The number of ketones is 2. The number of Topliss-reactive ketones (excluding diaryl/α,β-unsaturated/α-hetero) is 2. The Labute approximate surface area is 414 Å². The molecule has 0 spiro atoms. The van der Waals surface area contributed by atoms with E-state index in [0.717, 1.165) is 50.2 Å². The van der Waals surface area contributed by atoms with Crippen molar-refractivity contribution in [3.8, 4) is 0 Å². The molecule has 366 valence electrons. The van der Waals surface area contributed by atoms with E-state index in [-0.39, 0.29) is 78.2 Å². The number of nitrogens with one attached hydrogen (secondary N) is 4. The molecule has 0 saturated heterocycles. The molecule has 2 unspecified atom stereocenters. The first kappa shape index (κ1) is 54.2. The van der Waals surface area contributed by atoms with Crippen LogP contribution in [0.4, 0.5) is 60.5 Å². The quantitative estimate of drug-likeness (QED) is 0.0430. The third-order valence-electron chi connectivity index (χ3n) is 9.87. The summed E-state index contributed by atoms with van der Waals surface area (Å²) >= 11 is 24.4. The molecule has 0 heterocycles. The Morgan fingerprint density at radius 2 is 0.857 bits per heavy atom. The highest BCUT2D eigenvalue weighted by Crippen LogP contribution is 2.36. The smallest absolute Gasteiger partial charge is 0.323 e. The lowest BCUT2D eigenvalue weighted by Crippen LogP contribution is -2.33. The van der Waals surface area contributed by atoms with Gasteiger partial charge >= 0.3 is 12.4 Å². The van der Waals surface area contributed by atoms with E-state index in [1.165, 1.54) is 36.4 Å². The fraction of sp³-hybridized carbons (Fsp3) is 0.217. The normalized spacial score (nSPS) is 12.7. The lowest BCUT2D eigenvalue weighted by atomic mass is 9.98. The number of carbonyl (C=O) groups excluding carboxylic acids is 6. The van der Waals surface area contributed by atoms with Gasteiger partial charge in [-0.25, -0.2) is 0 Å². The molecule has 0 saturated carbocycles. The molecule has 5 rings (SSSR count). The minimum absolute atomic E-state index is 0.0464. The standard InChI is InChI=1S/C46H36Cl4F6N8O6/c1-5-31-32(6-2)36(58-44(70)40(22(4)66)64-62-30-16-24(14-28(48)20-30)42(68)60-38-18-26(46(54,55)56)8-10-34(38)50)12-11-35(31)57-43(69)39(21(3)65)63-61-29-15-23(13-27(47)19-29)41(67)59-37-17-25(45(51,52)53)7-9-33(37)49/h7-20,39-40H,5-6H2,1-4H3,(H,57,69)(H,58,70)(H,59,67)(H,60,68). The van der Waals surface area contributed by atoms with Crippen LogP contribution < -0.4 is 21.3 Å². The zero-order chi connectivity index (χ0) is 51.8. The van der Waals surface area contributed by atoms with Crippen LogP contribution in [-0.4, -0.2) is 47.3 Å². The second-order valence-electron chi connectivity index (χ2n) is 14.9. The van der Waals surface area contributed by atoms with Crippen molar-refractivity contribution in [2.45, 2.75) is 65.0 Å². The minimum atomic E-state index is -4.72. The van der Waals surface area contributed by atoms with Crippen LogP contribution in [-0.2, 0) is 44.4 Å². The molecule has 2 atom stereocenters. The summed E-state index contributed by atoms with van der Waals surface area (Å²) in [6.45, 7) is 5.68. The molecule has 5 aromatic rings. The molecular formula is C46H36Cl4F6N8O6. The second kappa shape index (κ2) is 22.8. The number of hydrogen-bond donors (Lipinski definition) is 4. The Morgan fingerprint density at radius 1 is 0.500 bits per heavy atom. The second-order valence-corrected chi connectivity index (χ2v) is 16.6. The third-order valence-corrected chi connectivity index (χ3v) is 11.0. The molecule has 0 aliphatic heterocycles. The zero-order valence-electron chi connectivity index (χ0n) is 36.7. The zero-order valence-corrected chi connectivity index (χ0v) is 39.7. The van der Waals surface area contributed by atoms with Crippen molar-refractivity contribution in [2.75, 3.05) is 21.3 Å². The van der Waals surface area contributed by atoms with Crippen LogP contribution in [0.5, 0.6) is 0 Å². The highest BCUT2D eigenvalue weighted by Gasteiger charge is 2.33. The third kappa shape index (κ3) is 14.0. The molecular weight excluding hydrogens is 1020 g/mol. The van der Waals surface area contributed by atoms with Gasteiger partial charge in [-0.2, -0.15) is 46.8 Å². The van der Waals surface area contributed by atoms with E-state index >= 15 is 0 Å². The van der Waals surface area contributed by atoms with Gasteiger partial charge in [0.05, 0.1) is 43.9 Å². The first-order chi connectivity index (χ1) is 32.8. The van der Waals surface area contributed by atoms with Crippen LogP contribution in [0.3, 0.4) is 0 Å². The van der Waals surface area contributed by atoms with Crippen LogP contribution in [0.1, 0.15) is 70.7 Å². The summed E-state index contributed by atoms with van der Waals surface area (Å²) in [6.07, 6.45) is -8.86. The Balaban J connectivity index is 1.31. The molecule has 0 aliphatic carbocycles. The van der Waals surface area contributed by atoms with E-state index < -0.39 is 70.8 Å². The van der Waals surface area contributed by atoms with Crippen LogP contribution in [0.2, 0.25) is 20.1 Å². The predicted molar refractivity (Wildman–Crippen MR) is 252 cm³/mol. The number of nitrogens with zero attached hydrogens (tertiary/aromatic N) is 4. The molecule has 0 bridgehead atoms. The number of rotatable bonds is 16. The van der Waals surface area contributed by atoms with Gasteiger partial charge in [-0.15, -0.1) is 0 Å². The number of amides is 4. The lowest BCUT2D eigenvalue weighted by Gasteiger charge is -2.20. The molecule has 0 aromatic heterocycles. The SMILES string of the molecule is CCc1c(NC(=O)C(N=Nc2cc(Cl)cc(C(=O)Nc3cc(C(F)(F)F)ccc3Cl)c2)C(C)=O)ccc(NC(=O)C(N=Nc2cc(Cl)cc(C(=O)Nc3cc(C(F)(F)F)ccc3Cl)c2)C(C)=O)c1CC. The van der Waals surface area contributed by atoms with E-state index in [4.69, 9.17) is 46.4 Å². The van der Waals surface area contributed by atoms with Crippen molar-refractivity contribution in [1.82, 2.24) is 0 Å². The van der Waals surface area contributed by atoms with Crippen molar-refractivity contribution < 1.29 is 55.1 Å². The summed E-state index contributed by atoms with van der Waals surface area (Å²) < 4.78 is 79.7. The first-order valence-electron chi connectivity index (χ1n) is 20.4. The number of hydrogen-bond acceptors (Lipinski definition) is 10. The van der Waals surface area contributed by atoms with Crippen LogP contribution in [0.25, 0.3) is 0 Å². The van der Waals surface area contributed by atoms with Crippen molar-refractivity contribution in [3.05, 3.63) is 138 Å². The van der Waals surface area contributed by atoms with Gasteiger partial charge in [0.25, 0.3) is 23.6 Å². The average molecular weight is 1050 g/mol. The van der Waals surface area contributed by atoms with Crippen molar-refractivity contribution in [3.63, 3.8) is 0 Å². The van der Waals surface area contributed by atoms with Crippen molar-refractivity contribution >= 4 is 116 Å². The van der Waals surface area contributed by atoms with E-state index in [1.807, 2.05) is 0 Å². The van der Waals surface area contributed by atoms with Gasteiger partial charge in [0, 0.05) is 32.5 Å². The fourth-order valence-electron chi connectivity index (χ4n) is 6.53. The predicted octanol–water partition coefficient (Wildman–Crippen LogP) is 13.3. The van der Waals surface area contributed by atoms with Gasteiger partial charge < -0.3 is 21.3 Å². The average Bonchev–Trinajstić information content (AvgIpc) is 3.26. The largest absolute Gasteiger partial charge is 0.416 e. The van der Waals surface area contributed by atoms with Crippen molar-refractivity contribution in [2.24, 2.45) is 20.5 Å². The summed E-state index contributed by atoms with van der Waals surface area (Å²) in [5.74, 6) is -5.13. The Kier molecular flexibility index (Phi) is 17.6. The molecule has 70 heavy (non-hydrogen) atoms. The molecule has 0 radical (unpaired) electrons. The molecule has 24 heteroatoms. The number of anilines is 4. The summed E-state index contributed by atoms with van der Waals surface area (Å²) in [5.41, 5.74) is -1.81. The maximum absolute atomic E-state index is 13.6. The summed E-state index contributed by atoms with van der Waals surface area (Å²) in [5, 5.41) is 25.1. The highest BCUT2D eigenvalue weighted by molar-refractivity contribution is 6.35. The van der Waals surface area contributed by atoms with Gasteiger partial charge in [0.15, 0.2) is 11.6 Å². The molecule has 14 nitrogen and oxygen atoms in total.